The van der Waals surface area contributed by atoms with Gasteiger partial charge in [0.2, 0.25) is 0 Å². The van der Waals surface area contributed by atoms with Crippen molar-refractivity contribution in [3.63, 3.8) is 0 Å². The maximum Gasteiger partial charge on any atom is 0.328 e. The van der Waals surface area contributed by atoms with Gasteiger partial charge >= 0.3 is 5.97 Å². The van der Waals surface area contributed by atoms with Crippen LogP contribution in [-0.2, 0) is 10.3 Å². The second-order valence-corrected chi connectivity index (χ2v) is 5.52. The summed E-state index contributed by atoms with van der Waals surface area (Å²) in [7, 11) is 0. The van der Waals surface area contributed by atoms with Gasteiger partial charge in [0.05, 0.1) is 0 Å². The summed E-state index contributed by atoms with van der Waals surface area (Å²) in [6.45, 7) is 5.74. The molecule has 0 heterocycles. The van der Waals surface area contributed by atoms with Crippen LogP contribution in [0.1, 0.15) is 42.9 Å². The Hall–Kier alpha value is -1.35. The molecule has 1 aromatic rings. The minimum atomic E-state index is -0.985. The highest BCUT2D eigenvalue weighted by Gasteiger charge is 2.39. The largest absolute Gasteiger partial charge is 0.480 e. The molecule has 1 aliphatic rings. The Morgan fingerprint density at radius 2 is 2.06 bits per heavy atom. The van der Waals surface area contributed by atoms with Gasteiger partial charge in [0.25, 0.3) is 0 Å². The van der Waals surface area contributed by atoms with E-state index in [0.717, 1.165) is 29.5 Å². The highest BCUT2D eigenvalue weighted by atomic mass is 16.4. The average molecular weight is 247 g/mol. The fourth-order valence-corrected chi connectivity index (χ4v) is 2.49. The zero-order valence-electron chi connectivity index (χ0n) is 11.3. The molecule has 0 radical (unpaired) electrons. The number of carbonyl (C=O) groups is 1. The van der Waals surface area contributed by atoms with Crippen LogP contribution in [0, 0.1) is 13.8 Å². The summed E-state index contributed by atoms with van der Waals surface area (Å²) in [6, 6.07) is 6.33. The van der Waals surface area contributed by atoms with Gasteiger partial charge in [-0.15, -0.1) is 0 Å². The number of rotatable bonds is 4. The van der Waals surface area contributed by atoms with Crippen LogP contribution in [0.2, 0.25) is 0 Å². The van der Waals surface area contributed by atoms with Crippen molar-refractivity contribution in [2.75, 3.05) is 0 Å². The quantitative estimate of drug-likeness (QED) is 0.860. The van der Waals surface area contributed by atoms with Crippen molar-refractivity contribution >= 4 is 5.97 Å². The van der Waals surface area contributed by atoms with Gasteiger partial charge in [0, 0.05) is 6.04 Å². The number of carboxylic acid groups (broad SMARTS) is 1. The Bertz CT molecular complexity index is 466. The molecule has 0 spiro atoms. The number of aliphatic carboxylic acids is 1. The Labute approximate surface area is 108 Å². The molecule has 1 atom stereocenters. The average Bonchev–Trinajstić information content (AvgIpc) is 2.26. The molecule has 0 saturated heterocycles. The van der Waals surface area contributed by atoms with Crippen molar-refractivity contribution in [1.29, 1.82) is 0 Å². The number of aryl methyl sites for hydroxylation is 2. The van der Waals surface area contributed by atoms with Crippen LogP contribution in [0.15, 0.2) is 18.2 Å². The predicted octanol–water partition coefficient (Wildman–Crippen LogP) is 2.75. The molecule has 3 nitrogen and oxygen atoms in total. The van der Waals surface area contributed by atoms with Gasteiger partial charge < -0.3 is 5.11 Å². The Kier molecular flexibility index (Phi) is 3.44. The first-order valence-electron chi connectivity index (χ1n) is 6.52. The molecule has 98 valence electrons. The number of nitrogens with one attached hydrogen (secondary N) is 1. The monoisotopic (exact) mass is 247 g/mol. The van der Waals surface area contributed by atoms with Gasteiger partial charge in [-0.2, -0.15) is 0 Å². The van der Waals surface area contributed by atoms with Crippen molar-refractivity contribution in [3.8, 4) is 0 Å². The standard InChI is InChI=1S/C15H21NO2/c1-10-7-8-11(2)13(9-10)15(3,14(17)18)16-12-5-4-6-12/h7-9,12,16H,4-6H2,1-3H3,(H,17,18). The summed E-state index contributed by atoms with van der Waals surface area (Å²) in [4.78, 5) is 11.7. The van der Waals surface area contributed by atoms with Crippen molar-refractivity contribution in [1.82, 2.24) is 5.32 Å². The predicted molar refractivity (Wildman–Crippen MR) is 71.7 cm³/mol. The van der Waals surface area contributed by atoms with Gasteiger partial charge in [-0.1, -0.05) is 30.2 Å². The van der Waals surface area contributed by atoms with Crippen LogP contribution < -0.4 is 5.32 Å². The molecule has 0 bridgehead atoms. The summed E-state index contributed by atoms with van der Waals surface area (Å²) in [5, 5.41) is 12.9. The third-order valence-corrected chi connectivity index (χ3v) is 3.96. The normalized spacial score (nSPS) is 19.1. The van der Waals surface area contributed by atoms with Crippen molar-refractivity contribution in [3.05, 3.63) is 34.9 Å². The van der Waals surface area contributed by atoms with E-state index in [9.17, 15) is 9.90 Å². The van der Waals surface area contributed by atoms with Crippen molar-refractivity contribution < 1.29 is 9.90 Å². The molecular formula is C15H21NO2. The number of benzene rings is 1. The van der Waals surface area contributed by atoms with Gasteiger partial charge in [-0.25, -0.2) is 4.79 Å². The number of hydrogen-bond donors (Lipinski definition) is 2. The zero-order valence-corrected chi connectivity index (χ0v) is 11.3. The fourth-order valence-electron chi connectivity index (χ4n) is 2.49. The summed E-state index contributed by atoms with van der Waals surface area (Å²) in [5.41, 5.74) is 2.01. The molecule has 18 heavy (non-hydrogen) atoms. The minimum Gasteiger partial charge on any atom is -0.480 e. The SMILES string of the molecule is Cc1ccc(C)c(C(C)(NC2CCC2)C(=O)O)c1. The first kappa shape index (κ1) is 13.1. The molecule has 0 amide bonds. The van der Waals surface area contributed by atoms with E-state index in [1.54, 1.807) is 6.92 Å². The summed E-state index contributed by atoms with van der Waals surface area (Å²) in [6.07, 6.45) is 3.35. The highest BCUT2D eigenvalue weighted by molar-refractivity contribution is 5.81. The number of hydrogen-bond acceptors (Lipinski definition) is 2. The lowest BCUT2D eigenvalue weighted by atomic mass is 9.83. The zero-order chi connectivity index (χ0) is 13.3. The second-order valence-electron chi connectivity index (χ2n) is 5.52. The molecule has 1 aliphatic carbocycles. The first-order chi connectivity index (χ1) is 8.43. The Balaban J connectivity index is 2.38. The van der Waals surface area contributed by atoms with Gasteiger partial charge in [0.1, 0.15) is 5.54 Å². The summed E-state index contributed by atoms with van der Waals surface area (Å²) >= 11 is 0. The van der Waals surface area contributed by atoms with Crippen LogP contribution in [-0.4, -0.2) is 17.1 Å². The molecule has 1 aromatic carbocycles. The van der Waals surface area contributed by atoms with Gasteiger partial charge in [-0.3, -0.25) is 5.32 Å². The van der Waals surface area contributed by atoms with E-state index in [0.29, 0.717) is 6.04 Å². The van der Waals surface area contributed by atoms with E-state index in [4.69, 9.17) is 0 Å². The summed E-state index contributed by atoms with van der Waals surface area (Å²) in [5.74, 6) is -0.803. The van der Waals surface area contributed by atoms with Crippen LogP contribution >= 0.6 is 0 Å². The van der Waals surface area contributed by atoms with E-state index in [1.165, 1.54) is 6.42 Å². The maximum absolute atomic E-state index is 11.7. The van der Waals surface area contributed by atoms with E-state index >= 15 is 0 Å². The third kappa shape index (κ3) is 2.27. The van der Waals surface area contributed by atoms with E-state index in [1.807, 2.05) is 32.0 Å². The maximum atomic E-state index is 11.7. The van der Waals surface area contributed by atoms with Crippen molar-refractivity contribution in [2.24, 2.45) is 0 Å². The first-order valence-corrected chi connectivity index (χ1v) is 6.52. The van der Waals surface area contributed by atoms with Crippen LogP contribution in [0.25, 0.3) is 0 Å². The molecule has 2 rings (SSSR count). The topological polar surface area (TPSA) is 49.3 Å². The van der Waals surface area contributed by atoms with Crippen molar-refractivity contribution in [2.45, 2.75) is 51.6 Å². The lowest BCUT2D eigenvalue weighted by molar-refractivity contribution is -0.145. The highest BCUT2D eigenvalue weighted by Crippen LogP contribution is 2.30. The number of carboxylic acids is 1. The van der Waals surface area contributed by atoms with E-state index in [2.05, 4.69) is 5.32 Å². The lowest BCUT2D eigenvalue weighted by Crippen LogP contribution is -2.53. The Morgan fingerprint density at radius 3 is 2.56 bits per heavy atom. The molecule has 1 saturated carbocycles. The van der Waals surface area contributed by atoms with Crippen LogP contribution in [0.5, 0.6) is 0 Å². The molecule has 3 heteroatoms. The molecular weight excluding hydrogens is 226 g/mol. The van der Waals surface area contributed by atoms with Gasteiger partial charge in [0.15, 0.2) is 0 Å². The van der Waals surface area contributed by atoms with Crippen LogP contribution in [0.3, 0.4) is 0 Å². The minimum absolute atomic E-state index is 0.339. The lowest BCUT2D eigenvalue weighted by Gasteiger charge is -2.37. The molecule has 1 unspecified atom stereocenters. The molecule has 0 aliphatic heterocycles. The van der Waals surface area contributed by atoms with E-state index < -0.39 is 11.5 Å². The summed E-state index contributed by atoms with van der Waals surface area (Å²) < 4.78 is 0. The Morgan fingerprint density at radius 1 is 1.39 bits per heavy atom. The molecule has 0 aromatic heterocycles. The van der Waals surface area contributed by atoms with E-state index in [-0.39, 0.29) is 0 Å². The third-order valence-electron chi connectivity index (χ3n) is 3.96. The molecule has 2 N–H and O–H groups in total. The van der Waals surface area contributed by atoms with Gasteiger partial charge in [-0.05, 0) is 44.7 Å². The second kappa shape index (κ2) is 4.73. The van der Waals surface area contributed by atoms with Crippen LogP contribution in [0.4, 0.5) is 0 Å². The fraction of sp³-hybridized carbons (Fsp3) is 0.533. The smallest absolute Gasteiger partial charge is 0.328 e. The molecule has 1 fully saturated rings.